The number of aryl methyl sites for hydroxylation is 2. The molecule has 0 aromatic heterocycles. The summed E-state index contributed by atoms with van der Waals surface area (Å²) in [6.45, 7) is 5.55. The van der Waals surface area contributed by atoms with Gasteiger partial charge in [0.05, 0.1) is 6.04 Å². The molecule has 1 atom stereocenters. The summed E-state index contributed by atoms with van der Waals surface area (Å²) in [4.78, 5) is 14.0. The Morgan fingerprint density at radius 3 is 2.83 bits per heavy atom. The summed E-state index contributed by atoms with van der Waals surface area (Å²) in [5.41, 5.74) is 9.34. The summed E-state index contributed by atoms with van der Waals surface area (Å²) >= 11 is 0. The summed E-state index contributed by atoms with van der Waals surface area (Å²) in [7, 11) is 0. The number of benzene rings is 1. The first-order valence-electron chi connectivity index (χ1n) is 6.70. The molecule has 1 amide bonds. The Kier molecular flexibility index (Phi) is 4.02. The highest BCUT2D eigenvalue weighted by Gasteiger charge is 2.29. The Bertz CT molecular complexity index is 442. The van der Waals surface area contributed by atoms with Gasteiger partial charge in [0.2, 0.25) is 5.91 Å². The molecular weight excluding hydrogens is 224 g/mol. The van der Waals surface area contributed by atoms with Gasteiger partial charge in [-0.2, -0.15) is 0 Å². The van der Waals surface area contributed by atoms with Gasteiger partial charge in [0.25, 0.3) is 0 Å². The highest BCUT2D eigenvalue weighted by Crippen LogP contribution is 2.33. The van der Waals surface area contributed by atoms with Crippen molar-refractivity contribution < 1.29 is 4.79 Å². The average Bonchev–Trinajstić information content (AvgIpc) is 2.82. The molecule has 2 rings (SSSR count). The molecule has 1 fully saturated rings. The minimum Gasteiger partial charge on any atom is -0.336 e. The smallest absolute Gasteiger partial charge is 0.224 e. The molecular formula is C15H22N2O. The van der Waals surface area contributed by atoms with Gasteiger partial charge in [0.1, 0.15) is 0 Å². The fraction of sp³-hybridized carbons (Fsp3) is 0.533. The lowest BCUT2D eigenvalue weighted by Gasteiger charge is -2.25. The molecule has 1 aromatic carbocycles. The Morgan fingerprint density at radius 2 is 2.17 bits per heavy atom. The molecule has 0 aliphatic carbocycles. The van der Waals surface area contributed by atoms with Crippen LogP contribution in [0.4, 0.5) is 0 Å². The molecule has 3 heteroatoms. The summed E-state index contributed by atoms with van der Waals surface area (Å²) < 4.78 is 0. The van der Waals surface area contributed by atoms with Crippen molar-refractivity contribution in [3.63, 3.8) is 0 Å². The van der Waals surface area contributed by atoms with Crippen molar-refractivity contribution in [3.8, 4) is 0 Å². The number of hydrogen-bond acceptors (Lipinski definition) is 2. The maximum atomic E-state index is 12.0. The van der Waals surface area contributed by atoms with E-state index in [1.165, 1.54) is 16.7 Å². The number of nitrogens with two attached hydrogens (primary N) is 1. The van der Waals surface area contributed by atoms with Gasteiger partial charge in [0.15, 0.2) is 0 Å². The van der Waals surface area contributed by atoms with Crippen LogP contribution in [0.25, 0.3) is 0 Å². The lowest BCUT2D eigenvalue weighted by molar-refractivity contribution is -0.131. The Morgan fingerprint density at radius 1 is 1.39 bits per heavy atom. The summed E-state index contributed by atoms with van der Waals surface area (Å²) in [6, 6.07) is 6.77. The van der Waals surface area contributed by atoms with Gasteiger partial charge in [0, 0.05) is 19.5 Å². The minimum atomic E-state index is 0.193. The number of carbonyl (C=O) groups is 1. The average molecular weight is 246 g/mol. The zero-order valence-corrected chi connectivity index (χ0v) is 11.3. The van der Waals surface area contributed by atoms with E-state index in [-0.39, 0.29) is 11.9 Å². The first-order valence-corrected chi connectivity index (χ1v) is 6.70. The van der Waals surface area contributed by atoms with E-state index in [0.29, 0.717) is 13.0 Å². The van der Waals surface area contributed by atoms with Crippen LogP contribution in [0.5, 0.6) is 0 Å². The van der Waals surface area contributed by atoms with Gasteiger partial charge >= 0.3 is 0 Å². The van der Waals surface area contributed by atoms with Crippen LogP contribution in [0.1, 0.15) is 42.0 Å². The van der Waals surface area contributed by atoms with Crippen LogP contribution >= 0.6 is 0 Å². The first kappa shape index (κ1) is 13.1. The third kappa shape index (κ3) is 2.56. The van der Waals surface area contributed by atoms with Crippen LogP contribution in [-0.2, 0) is 4.79 Å². The number of carbonyl (C=O) groups excluding carboxylic acids is 1. The van der Waals surface area contributed by atoms with E-state index in [4.69, 9.17) is 5.73 Å². The van der Waals surface area contributed by atoms with E-state index in [0.717, 1.165) is 19.4 Å². The fourth-order valence-corrected chi connectivity index (χ4v) is 2.65. The molecule has 0 radical (unpaired) electrons. The van der Waals surface area contributed by atoms with Crippen LogP contribution in [0, 0.1) is 13.8 Å². The maximum absolute atomic E-state index is 12.0. The van der Waals surface area contributed by atoms with Crippen molar-refractivity contribution in [2.24, 2.45) is 5.73 Å². The fourth-order valence-electron chi connectivity index (χ4n) is 2.65. The molecule has 2 N–H and O–H groups in total. The molecule has 1 aromatic rings. The van der Waals surface area contributed by atoms with Crippen molar-refractivity contribution in [2.75, 3.05) is 13.1 Å². The van der Waals surface area contributed by atoms with Gasteiger partial charge in [-0.25, -0.2) is 0 Å². The lowest BCUT2D eigenvalue weighted by atomic mass is 9.99. The van der Waals surface area contributed by atoms with Crippen LogP contribution in [0.15, 0.2) is 18.2 Å². The Balaban J connectivity index is 2.20. The molecule has 1 saturated heterocycles. The van der Waals surface area contributed by atoms with Gasteiger partial charge < -0.3 is 10.6 Å². The van der Waals surface area contributed by atoms with E-state index < -0.39 is 0 Å². The summed E-state index contributed by atoms with van der Waals surface area (Å²) in [5, 5.41) is 0. The van der Waals surface area contributed by atoms with Crippen LogP contribution in [0.3, 0.4) is 0 Å². The van der Waals surface area contributed by atoms with Crippen LogP contribution in [-0.4, -0.2) is 23.9 Å². The summed E-state index contributed by atoms with van der Waals surface area (Å²) in [5.74, 6) is 0.193. The van der Waals surface area contributed by atoms with E-state index in [1.807, 2.05) is 4.90 Å². The number of hydrogen-bond donors (Lipinski definition) is 1. The number of amides is 1. The quantitative estimate of drug-likeness (QED) is 0.889. The predicted molar refractivity (Wildman–Crippen MR) is 73.3 cm³/mol. The number of nitrogens with zero attached hydrogens (tertiary/aromatic N) is 1. The number of likely N-dealkylation sites (tertiary alicyclic amines) is 1. The monoisotopic (exact) mass is 246 g/mol. The molecule has 3 nitrogen and oxygen atoms in total. The Hall–Kier alpha value is -1.35. The minimum absolute atomic E-state index is 0.193. The van der Waals surface area contributed by atoms with Crippen molar-refractivity contribution >= 4 is 5.91 Å². The van der Waals surface area contributed by atoms with Gasteiger partial charge in [-0.1, -0.05) is 18.2 Å². The topological polar surface area (TPSA) is 46.3 Å². The predicted octanol–water partition coefficient (Wildman–Crippen LogP) is 2.32. The molecule has 0 saturated carbocycles. The molecule has 18 heavy (non-hydrogen) atoms. The van der Waals surface area contributed by atoms with Gasteiger partial charge in [-0.05, 0) is 43.4 Å². The normalized spacial score (nSPS) is 19.3. The molecule has 0 unspecified atom stereocenters. The van der Waals surface area contributed by atoms with Crippen LogP contribution < -0.4 is 5.73 Å². The van der Waals surface area contributed by atoms with Crippen molar-refractivity contribution in [1.29, 1.82) is 0 Å². The highest BCUT2D eigenvalue weighted by atomic mass is 16.2. The molecule has 0 bridgehead atoms. The van der Waals surface area contributed by atoms with Crippen LogP contribution in [0.2, 0.25) is 0 Å². The zero-order valence-electron chi connectivity index (χ0n) is 11.3. The van der Waals surface area contributed by atoms with Crippen molar-refractivity contribution in [1.82, 2.24) is 4.90 Å². The van der Waals surface area contributed by atoms with Crippen molar-refractivity contribution in [3.05, 3.63) is 34.9 Å². The standard InChI is InChI=1S/C15H22N2O/c1-11-5-6-13(10-12(11)2)14-4-3-9-17(14)15(18)7-8-16/h5-6,10,14H,3-4,7-9,16H2,1-2H3/t14-/m1/s1. The summed E-state index contributed by atoms with van der Waals surface area (Å²) in [6.07, 6.45) is 2.62. The zero-order chi connectivity index (χ0) is 13.1. The number of rotatable bonds is 3. The SMILES string of the molecule is Cc1ccc([C@H]2CCCN2C(=O)CCN)cc1C. The third-order valence-corrected chi connectivity index (χ3v) is 3.85. The van der Waals surface area contributed by atoms with Gasteiger partial charge in [-0.3, -0.25) is 4.79 Å². The molecule has 1 aliphatic heterocycles. The molecule has 1 heterocycles. The second-order valence-corrected chi connectivity index (χ2v) is 5.13. The van der Waals surface area contributed by atoms with Crippen molar-refractivity contribution in [2.45, 2.75) is 39.2 Å². The second kappa shape index (κ2) is 5.53. The Labute approximate surface area is 109 Å². The molecule has 1 aliphatic rings. The van der Waals surface area contributed by atoms with E-state index in [9.17, 15) is 4.79 Å². The molecule has 0 spiro atoms. The lowest BCUT2D eigenvalue weighted by Crippen LogP contribution is -2.31. The maximum Gasteiger partial charge on any atom is 0.224 e. The highest BCUT2D eigenvalue weighted by molar-refractivity contribution is 5.77. The molecule has 98 valence electrons. The third-order valence-electron chi connectivity index (χ3n) is 3.85. The second-order valence-electron chi connectivity index (χ2n) is 5.13. The largest absolute Gasteiger partial charge is 0.336 e. The van der Waals surface area contributed by atoms with E-state index >= 15 is 0 Å². The van der Waals surface area contributed by atoms with E-state index in [2.05, 4.69) is 32.0 Å². The first-order chi connectivity index (χ1) is 8.63. The van der Waals surface area contributed by atoms with Gasteiger partial charge in [-0.15, -0.1) is 0 Å². The van der Waals surface area contributed by atoms with E-state index in [1.54, 1.807) is 0 Å².